The second kappa shape index (κ2) is 9.44. The average Bonchev–Trinajstić information content (AvgIpc) is 3.11. The van der Waals surface area contributed by atoms with Crippen molar-refractivity contribution < 1.29 is 14.3 Å². The molecule has 5 nitrogen and oxygen atoms in total. The summed E-state index contributed by atoms with van der Waals surface area (Å²) in [5, 5.41) is 3.00. The standard InChI is InChI=1S/C25H28N2O3/c1-5-17(3)26-24(28)20-13-10-14-21(15-20)27-18(4)22(25(29)30-6-2)16-23(27)19-11-8-7-9-12-19/h7-17H,5-6H2,1-4H3,(H,26,28)/t17-/m0/s1. The summed E-state index contributed by atoms with van der Waals surface area (Å²) >= 11 is 0. The molecule has 1 N–H and O–H groups in total. The van der Waals surface area contributed by atoms with Gasteiger partial charge in [0.15, 0.2) is 0 Å². The normalized spacial score (nSPS) is 11.7. The van der Waals surface area contributed by atoms with Crippen LogP contribution in [-0.4, -0.2) is 29.1 Å². The molecular formula is C25H28N2O3. The molecule has 0 radical (unpaired) electrons. The van der Waals surface area contributed by atoms with Gasteiger partial charge in [-0.3, -0.25) is 4.79 Å². The molecule has 1 heterocycles. The molecule has 3 rings (SSSR count). The number of carbonyl (C=O) groups excluding carboxylic acids is 2. The molecule has 30 heavy (non-hydrogen) atoms. The molecule has 1 aromatic heterocycles. The van der Waals surface area contributed by atoms with Crippen LogP contribution < -0.4 is 5.32 Å². The van der Waals surface area contributed by atoms with E-state index in [0.29, 0.717) is 17.7 Å². The van der Waals surface area contributed by atoms with E-state index in [1.54, 1.807) is 13.0 Å². The molecular weight excluding hydrogens is 376 g/mol. The number of esters is 1. The number of amides is 1. The van der Waals surface area contributed by atoms with Gasteiger partial charge in [-0.1, -0.05) is 43.3 Å². The van der Waals surface area contributed by atoms with Crippen molar-refractivity contribution in [1.29, 1.82) is 0 Å². The molecule has 2 aromatic carbocycles. The molecule has 156 valence electrons. The molecule has 3 aromatic rings. The van der Waals surface area contributed by atoms with Crippen molar-refractivity contribution in [3.05, 3.63) is 77.5 Å². The molecule has 0 bridgehead atoms. The van der Waals surface area contributed by atoms with E-state index in [-0.39, 0.29) is 17.9 Å². The molecule has 1 atom stereocenters. The van der Waals surface area contributed by atoms with Crippen molar-refractivity contribution in [3.63, 3.8) is 0 Å². The van der Waals surface area contributed by atoms with Crippen molar-refractivity contribution >= 4 is 11.9 Å². The Kier molecular flexibility index (Phi) is 6.72. The molecule has 0 aliphatic rings. The van der Waals surface area contributed by atoms with Crippen LogP contribution in [-0.2, 0) is 4.74 Å². The topological polar surface area (TPSA) is 60.3 Å². The summed E-state index contributed by atoms with van der Waals surface area (Å²) in [6.07, 6.45) is 0.864. The van der Waals surface area contributed by atoms with Crippen LogP contribution in [0.4, 0.5) is 0 Å². The summed E-state index contributed by atoms with van der Waals surface area (Å²) < 4.78 is 7.25. The lowest BCUT2D eigenvalue weighted by Gasteiger charge is -2.15. The van der Waals surface area contributed by atoms with Crippen LogP contribution in [0.3, 0.4) is 0 Å². The van der Waals surface area contributed by atoms with Crippen molar-refractivity contribution in [1.82, 2.24) is 9.88 Å². The number of nitrogens with zero attached hydrogens (tertiary/aromatic N) is 1. The van der Waals surface area contributed by atoms with Crippen LogP contribution in [0.15, 0.2) is 60.7 Å². The van der Waals surface area contributed by atoms with Gasteiger partial charge in [-0.15, -0.1) is 0 Å². The first-order valence-electron chi connectivity index (χ1n) is 10.3. The minimum absolute atomic E-state index is 0.102. The molecule has 0 unspecified atom stereocenters. The molecule has 0 spiro atoms. The largest absolute Gasteiger partial charge is 0.462 e. The van der Waals surface area contributed by atoms with Crippen LogP contribution in [0.25, 0.3) is 16.9 Å². The molecule has 1 amide bonds. The Labute approximate surface area is 177 Å². The number of nitrogens with one attached hydrogen (secondary N) is 1. The third-order valence-electron chi connectivity index (χ3n) is 5.17. The van der Waals surface area contributed by atoms with Gasteiger partial charge in [0.2, 0.25) is 0 Å². The van der Waals surface area contributed by atoms with Gasteiger partial charge in [-0.25, -0.2) is 4.79 Å². The van der Waals surface area contributed by atoms with Crippen molar-refractivity contribution in [3.8, 4) is 16.9 Å². The van der Waals surface area contributed by atoms with Crippen molar-refractivity contribution in [2.75, 3.05) is 6.61 Å². The summed E-state index contributed by atoms with van der Waals surface area (Å²) in [4.78, 5) is 25.2. The predicted molar refractivity (Wildman–Crippen MR) is 119 cm³/mol. The Bertz CT molecular complexity index is 1040. The second-order valence-corrected chi connectivity index (χ2v) is 7.28. The summed E-state index contributed by atoms with van der Waals surface area (Å²) in [7, 11) is 0. The monoisotopic (exact) mass is 404 g/mol. The van der Waals surface area contributed by atoms with E-state index in [4.69, 9.17) is 4.74 Å². The zero-order chi connectivity index (χ0) is 21.7. The van der Waals surface area contributed by atoms with E-state index in [1.807, 2.05) is 79.9 Å². The first-order valence-corrected chi connectivity index (χ1v) is 10.3. The van der Waals surface area contributed by atoms with Gasteiger partial charge in [0, 0.05) is 23.0 Å². The van der Waals surface area contributed by atoms with Crippen LogP contribution in [0.5, 0.6) is 0 Å². The van der Waals surface area contributed by atoms with E-state index in [2.05, 4.69) is 5.32 Å². The van der Waals surface area contributed by atoms with Gasteiger partial charge in [-0.05, 0) is 57.0 Å². The zero-order valence-corrected chi connectivity index (χ0v) is 17.9. The maximum Gasteiger partial charge on any atom is 0.339 e. The van der Waals surface area contributed by atoms with Crippen LogP contribution in [0, 0.1) is 6.92 Å². The maximum atomic E-state index is 12.6. The predicted octanol–water partition coefficient (Wildman–Crippen LogP) is 5.16. The van der Waals surface area contributed by atoms with E-state index in [9.17, 15) is 9.59 Å². The van der Waals surface area contributed by atoms with Gasteiger partial charge < -0.3 is 14.6 Å². The first kappa shape index (κ1) is 21.4. The zero-order valence-electron chi connectivity index (χ0n) is 17.9. The average molecular weight is 405 g/mol. The molecule has 0 aliphatic heterocycles. The highest BCUT2D eigenvalue weighted by molar-refractivity contribution is 5.95. The SMILES string of the molecule is CCOC(=O)c1cc(-c2ccccc2)n(-c2cccc(C(=O)N[C@@H](C)CC)c2)c1C. The highest BCUT2D eigenvalue weighted by Gasteiger charge is 2.21. The van der Waals surface area contributed by atoms with E-state index < -0.39 is 0 Å². The smallest absolute Gasteiger partial charge is 0.339 e. The van der Waals surface area contributed by atoms with Gasteiger partial charge in [-0.2, -0.15) is 0 Å². The highest BCUT2D eigenvalue weighted by Crippen LogP contribution is 2.30. The summed E-state index contributed by atoms with van der Waals surface area (Å²) in [5.74, 6) is -0.459. The lowest BCUT2D eigenvalue weighted by atomic mass is 10.1. The van der Waals surface area contributed by atoms with Gasteiger partial charge in [0.05, 0.1) is 17.9 Å². The van der Waals surface area contributed by atoms with Gasteiger partial charge in [0.25, 0.3) is 5.91 Å². The van der Waals surface area contributed by atoms with Crippen molar-refractivity contribution in [2.24, 2.45) is 0 Å². The lowest BCUT2D eigenvalue weighted by Crippen LogP contribution is -2.31. The molecule has 0 fully saturated rings. The maximum absolute atomic E-state index is 12.6. The molecule has 5 heteroatoms. The summed E-state index contributed by atoms with van der Waals surface area (Å²) in [6.45, 7) is 8.02. The Morgan fingerprint density at radius 1 is 1.03 bits per heavy atom. The molecule has 0 saturated carbocycles. The minimum atomic E-state index is -0.350. The first-order chi connectivity index (χ1) is 14.5. The minimum Gasteiger partial charge on any atom is -0.462 e. The van der Waals surface area contributed by atoms with Crippen LogP contribution >= 0.6 is 0 Å². The number of hydrogen-bond donors (Lipinski definition) is 1. The van der Waals surface area contributed by atoms with Crippen LogP contribution in [0.1, 0.15) is 53.6 Å². The van der Waals surface area contributed by atoms with E-state index >= 15 is 0 Å². The third kappa shape index (κ3) is 4.46. The second-order valence-electron chi connectivity index (χ2n) is 7.28. The Hall–Kier alpha value is -3.34. The fraction of sp³-hybridized carbons (Fsp3) is 0.280. The van der Waals surface area contributed by atoms with Gasteiger partial charge >= 0.3 is 5.97 Å². The third-order valence-corrected chi connectivity index (χ3v) is 5.17. The quantitative estimate of drug-likeness (QED) is 0.554. The Balaban J connectivity index is 2.12. The lowest BCUT2D eigenvalue weighted by molar-refractivity contribution is 0.0525. The summed E-state index contributed by atoms with van der Waals surface area (Å²) in [6, 6.07) is 19.3. The number of ether oxygens (including phenoxy) is 1. The fourth-order valence-electron chi connectivity index (χ4n) is 3.37. The van der Waals surface area contributed by atoms with E-state index in [1.165, 1.54) is 0 Å². The Morgan fingerprint density at radius 3 is 2.43 bits per heavy atom. The summed E-state index contributed by atoms with van der Waals surface area (Å²) in [5.41, 5.74) is 4.54. The van der Waals surface area contributed by atoms with Crippen molar-refractivity contribution in [2.45, 2.75) is 40.2 Å². The number of rotatable bonds is 7. The number of aromatic nitrogens is 1. The highest BCUT2D eigenvalue weighted by atomic mass is 16.5. The van der Waals surface area contributed by atoms with Crippen LogP contribution in [0.2, 0.25) is 0 Å². The molecule has 0 saturated heterocycles. The number of carbonyl (C=O) groups is 2. The van der Waals surface area contributed by atoms with E-state index in [0.717, 1.165) is 29.1 Å². The molecule has 0 aliphatic carbocycles. The number of hydrogen-bond acceptors (Lipinski definition) is 3. The number of benzene rings is 2. The van der Waals surface area contributed by atoms with Gasteiger partial charge in [0.1, 0.15) is 0 Å². The fourth-order valence-corrected chi connectivity index (χ4v) is 3.37. The Morgan fingerprint density at radius 2 is 1.77 bits per heavy atom.